The van der Waals surface area contributed by atoms with E-state index < -0.39 is 5.60 Å². The van der Waals surface area contributed by atoms with Gasteiger partial charge in [0, 0.05) is 40.2 Å². The fraction of sp³-hybridized carbons (Fsp3) is 0.933. The Morgan fingerprint density at radius 1 is 1.20 bits per heavy atom. The van der Waals surface area contributed by atoms with E-state index in [1.54, 1.807) is 0 Å². The van der Waals surface area contributed by atoms with Crippen LogP contribution in [0.3, 0.4) is 0 Å². The molecule has 20 heavy (non-hydrogen) atoms. The second-order valence-electron chi connectivity index (χ2n) is 8.47. The number of nitrogens with zero attached hydrogens (tertiary/aromatic N) is 2. The van der Waals surface area contributed by atoms with Gasteiger partial charge in [0.05, 0.1) is 6.04 Å². The van der Waals surface area contributed by atoms with Gasteiger partial charge in [0.2, 0.25) is 0 Å². The van der Waals surface area contributed by atoms with E-state index >= 15 is 0 Å². The van der Waals surface area contributed by atoms with E-state index in [1.807, 2.05) is 5.01 Å². The molecular weight excluding hydrogens is 367 g/mol. The Balaban J connectivity index is 2.49. The predicted octanol–water partition coefficient (Wildman–Crippen LogP) is 4.24. The summed E-state index contributed by atoms with van der Waals surface area (Å²) in [5.41, 5.74) is -0.447. The van der Waals surface area contributed by atoms with Gasteiger partial charge in [-0.2, -0.15) is 3.22 Å². The summed E-state index contributed by atoms with van der Waals surface area (Å²) in [5, 5.41) is 1.84. The van der Waals surface area contributed by atoms with E-state index in [2.05, 4.69) is 81.5 Å². The number of fused-ring (bicyclic) bond motifs is 1. The van der Waals surface area contributed by atoms with Crippen LogP contribution in [-0.2, 0) is 4.74 Å². The molecule has 1 amide bonds. The second-order valence-corrected chi connectivity index (χ2v) is 9.46. The molecule has 0 aromatic carbocycles. The average molecular weight is 394 g/mol. The molecule has 0 bridgehead atoms. The Labute approximate surface area is 136 Å². The van der Waals surface area contributed by atoms with Crippen molar-refractivity contribution in [2.24, 2.45) is 16.7 Å². The number of hydrogen-bond acceptors (Lipinski definition) is 3. The van der Waals surface area contributed by atoms with Gasteiger partial charge in [0.1, 0.15) is 5.60 Å². The number of ether oxygens (including phenoxy) is 1. The SMILES string of the molecule is CC1C(C(C)(C)C)N(I)N2C(=O)O[C@](C)(C(C)(C)C)C12. The zero-order chi connectivity index (χ0) is 15.7. The van der Waals surface area contributed by atoms with Crippen molar-refractivity contribution in [2.45, 2.75) is 73.1 Å². The molecule has 3 unspecified atom stereocenters. The van der Waals surface area contributed by atoms with Gasteiger partial charge in [-0.25, -0.2) is 9.80 Å². The van der Waals surface area contributed by atoms with Gasteiger partial charge in [-0.1, -0.05) is 48.5 Å². The maximum Gasteiger partial charge on any atom is 0.426 e. The van der Waals surface area contributed by atoms with Gasteiger partial charge in [0.15, 0.2) is 0 Å². The first-order valence-corrected chi connectivity index (χ1v) is 8.26. The topological polar surface area (TPSA) is 32.8 Å². The zero-order valence-corrected chi connectivity index (χ0v) is 16.0. The van der Waals surface area contributed by atoms with Crippen LogP contribution in [0.2, 0.25) is 0 Å². The number of cyclic esters (lactones) is 1. The number of halogens is 1. The quantitative estimate of drug-likeness (QED) is 0.455. The van der Waals surface area contributed by atoms with Crippen LogP contribution >= 0.6 is 22.9 Å². The summed E-state index contributed by atoms with van der Waals surface area (Å²) in [6.45, 7) is 17.5. The van der Waals surface area contributed by atoms with E-state index in [9.17, 15) is 4.79 Å². The molecule has 0 aromatic rings. The molecule has 5 heteroatoms. The summed E-state index contributed by atoms with van der Waals surface area (Å²) in [7, 11) is 0. The molecule has 2 saturated heterocycles. The standard InChI is InChI=1S/C15H27IN2O2/c1-9-10(13(2,3)4)18(16)17-11(9)15(8,14(5,6)7)20-12(17)19/h9-11H,1-8H3/t9?,10?,11?,15-/m0/s1. The van der Waals surface area contributed by atoms with E-state index in [0.29, 0.717) is 12.0 Å². The first-order chi connectivity index (χ1) is 8.82. The molecule has 4 nitrogen and oxygen atoms in total. The van der Waals surface area contributed by atoms with Gasteiger partial charge in [-0.15, -0.1) is 0 Å². The minimum atomic E-state index is -0.465. The van der Waals surface area contributed by atoms with Crippen molar-refractivity contribution < 1.29 is 9.53 Å². The Bertz CT molecular complexity index is 427. The first kappa shape index (κ1) is 16.3. The molecular formula is C15H27IN2O2. The average Bonchev–Trinajstić information content (AvgIpc) is 2.62. The highest BCUT2D eigenvalue weighted by molar-refractivity contribution is 14.1. The largest absolute Gasteiger partial charge is 0.439 e. The zero-order valence-electron chi connectivity index (χ0n) is 13.8. The lowest BCUT2D eigenvalue weighted by atomic mass is 9.67. The normalized spacial score (nSPS) is 39.1. The Kier molecular flexibility index (Phi) is 3.66. The highest BCUT2D eigenvalue weighted by Gasteiger charge is 2.66. The Morgan fingerprint density at radius 2 is 1.70 bits per heavy atom. The van der Waals surface area contributed by atoms with Gasteiger partial charge < -0.3 is 4.74 Å². The van der Waals surface area contributed by atoms with Crippen molar-refractivity contribution in [3.63, 3.8) is 0 Å². The minimum absolute atomic E-state index is 0.0936. The molecule has 0 spiro atoms. The van der Waals surface area contributed by atoms with Crippen LogP contribution in [0.25, 0.3) is 0 Å². The molecule has 0 saturated carbocycles. The van der Waals surface area contributed by atoms with E-state index in [-0.39, 0.29) is 23.0 Å². The third-order valence-electron chi connectivity index (χ3n) is 5.12. The third kappa shape index (κ3) is 2.07. The van der Waals surface area contributed by atoms with E-state index in [4.69, 9.17) is 4.74 Å². The monoisotopic (exact) mass is 394 g/mol. The third-order valence-corrected chi connectivity index (χ3v) is 6.19. The number of hydrazine groups is 1. The van der Waals surface area contributed by atoms with Crippen molar-refractivity contribution >= 4 is 29.0 Å². The molecule has 0 N–H and O–H groups in total. The highest BCUT2D eigenvalue weighted by Crippen LogP contribution is 2.54. The summed E-state index contributed by atoms with van der Waals surface area (Å²) in [5.74, 6) is 0.363. The molecule has 2 fully saturated rings. The van der Waals surface area contributed by atoms with Gasteiger partial charge in [-0.05, 0) is 12.3 Å². The lowest BCUT2D eigenvalue weighted by Crippen LogP contribution is -2.52. The van der Waals surface area contributed by atoms with Crippen molar-refractivity contribution in [3.8, 4) is 0 Å². The van der Waals surface area contributed by atoms with Crippen LogP contribution in [0.15, 0.2) is 0 Å². The van der Waals surface area contributed by atoms with Crippen LogP contribution in [0.1, 0.15) is 55.4 Å². The number of hydrogen-bond donors (Lipinski definition) is 0. The van der Waals surface area contributed by atoms with Gasteiger partial charge >= 0.3 is 6.09 Å². The van der Waals surface area contributed by atoms with Crippen LogP contribution in [0.5, 0.6) is 0 Å². The fourth-order valence-corrected chi connectivity index (χ4v) is 5.55. The Morgan fingerprint density at radius 3 is 2.10 bits per heavy atom. The van der Waals surface area contributed by atoms with E-state index in [0.717, 1.165) is 0 Å². The number of carbonyl (C=O) groups excluding carboxylic acids is 1. The van der Waals surface area contributed by atoms with Gasteiger partial charge in [-0.3, -0.25) is 0 Å². The Hall–Kier alpha value is -0.0400. The maximum atomic E-state index is 12.4. The summed E-state index contributed by atoms with van der Waals surface area (Å²) in [6.07, 6.45) is -0.208. The lowest BCUT2D eigenvalue weighted by molar-refractivity contribution is -0.0497. The number of rotatable bonds is 0. The van der Waals surface area contributed by atoms with Crippen molar-refractivity contribution in [1.82, 2.24) is 8.23 Å². The maximum absolute atomic E-state index is 12.4. The number of amides is 1. The smallest absolute Gasteiger partial charge is 0.426 e. The first-order valence-electron chi connectivity index (χ1n) is 7.29. The summed E-state index contributed by atoms with van der Waals surface area (Å²) < 4.78 is 7.90. The van der Waals surface area contributed by atoms with E-state index in [1.165, 1.54) is 0 Å². The predicted molar refractivity (Wildman–Crippen MR) is 88.2 cm³/mol. The summed E-state index contributed by atoms with van der Waals surface area (Å²) >= 11 is 2.27. The second kappa shape index (κ2) is 4.48. The molecule has 116 valence electrons. The van der Waals surface area contributed by atoms with Crippen LogP contribution in [-0.4, -0.2) is 32.0 Å². The molecule has 2 aliphatic rings. The molecule has 2 aliphatic heterocycles. The molecule has 4 atom stereocenters. The minimum Gasteiger partial charge on any atom is -0.439 e. The van der Waals surface area contributed by atoms with Gasteiger partial charge in [0.25, 0.3) is 0 Å². The van der Waals surface area contributed by atoms with Crippen LogP contribution in [0.4, 0.5) is 4.79 Å². The van der Waals surface area contributed by atoms with Crippen molar-refractivity contribution in [3.05, 3.63) is 0 Å². The summed E-state index contributed by atoms with van der Waals surface area (Å²) in [4.78, 5) is 12.4. The van der Waals surface area contributed by atoms with Crippen LogP contribution in [0, 0.1) is 16.7 Å². The molecule has 0 radical (unpaired) electrons. The highest BCUT2D eigenvalue weighted by atomic mass is 127. The molecule has 2 rings (SSSR count). The van der Waals surface area contributed by atoms with Crippen molar-refractivity contribution in [1.29, 1.82) is 0 Å². The lowest BCUT2D eigenvalue weighted by Gasteiger charge is -2.42. The molecule has 2 heterocycles. The summed E-state index contributed by atoms with van der Waals surface area (Å²) in [6, 6.07) is 0.416. The molecule has 0 aromatic heterocycles. The number of carbonyl (C=O) groups is 1. The molecule has 0 aliphatic carbocycles. The fourth-order valence-electron chi connectivity index (χ4n) is 3.76. The van der Waals surface area contributed by atoms with Crippen LogP contribution < -0.4 is 0 Å². The van der Waals surface area contributed by atoms with Crippen molar-refractivity contribution in [2.75, 3.05) is 0 Å².